The minimum absolute atomic E-state index is 0.0130. The molecule has 1 aliphatic rings. The normalized spacial score (nSPS) is 15.3. The largest absolute Gasteiger partial charge is 0.489 e. The third-order valence-electron chi connectivity index (χ3n) is 7.46. The van der Waals surface area contributed by atoms with E-state index in [0.717, 1.165) is 59.4 Å². The molecule has 1 saturated heterocycles. The second kappa shape index (κ2) is 11.4. The van der Waals surface area contributed by atoms with Gasteiger partial charge in [0.2, 0.25) is 0 Å². The summed E-state index contributed by atoms with van der Waals surface area (Å²) >= 11 is 7.69. The monoisotopic (exact) mass is 609 g/mol. The molecule has 0 spiro atoms. The average Bonchev–Trinajstić information content (AvgIpc) is 3.69. The number of fused-ring (bicyclic) bond motifs is 1. The van der Waals surface area contributed by atoms with Crippen LogP contribution in [0.25, 0.3) is 27.2 Å². The van der Waals surface area contributed by atoms with Crippen LogP contribution in [0.4, 0.5) is 4.39 Å². The first kappa shape index (κ1) is 28.2. The number of hydrogen-bond donors (Lipinski definition) is 1. The van der Waals surface area contributed by atoms with Gasteiger partial charge in [-0.25, -0.2) is 14.2 Å². The number of carbonyl (C=O) groups is 1. The Bertz CT molecular complexity index is 1770. The highest BCUT2D eigenvalue weighted by atomic mass is 35.5. The van der Waals surface area contributed by atoms with E-state index in [-0.39, 0.29) is 27.3 Å². The Morgan fingerprint density at radius 1 is 1.14 bits per heavy atom. The quantitative estimate of drug-likeness (QED) is 0.212. The van der Waals surface area contributed by atoms with E-state index >= 15 is 4.39 Å². The summed E-state index contributed by atoms with van der Waals surface area (Å²) in [4.78, 5) is 19.0. The molecule has 1 aliphatic heterocycles. The van der Waals surface area contributed by atoms with E-state index in [2.05, 4.69) is 22.0 Å². The number of nitrogens with zero attached hydrogens (tertiary/aromatic N) is 5. The minimum atomic E-state index is -1.15. The highest BCUT2D eigenvalue weighted by Gasteiger charge is 2.26. The molecule has 12 heteroatoms. The predicted octanol–water partition coefficient (Wildman–Crippen LogP) is 6.59. The number of ether oxygens (including phenoxy) is 2. The van der Waals surface area contributed by atoms with Gasteiger partial charge in [0.15, 0.2) is 4.88 Å². The van der Waals surface area contributed by atoms with Crippen LogP contribution in [-0.4, -0.2) is 61.5 Å². The highest BCUT2D eigenvalue weighted by molar-refractivity contribution is 7.16. The summed E-state index contributed by atoms with van der Waals surface area (Å²) in [6.45, 7) is 3.46. The van der Waals surface area contributed by atoms with Crippen LogP contribution < -0.4 is 9.47 Å². The van der Waals surface area contributed by atoms with Gasteiger partial charge in [0.1, 0.15) is 40.9 Å². The number of imidazole rings is 1. The fourth-order valence-electron chi connectivity index (χ4n) is 5.20. The van der Waals surface area contributed by atoms with Crippen molar-refractivity contribution in [1.82, 2.24) is 24.2 Å². The second-order valence-corrected chi connectivity index (χ2v) is 11.9. The van der Waals surface area contributed by atoms with Gasteiger partial charge in [0.25, 0.3) is 0 Å². The Kier molecular flexibility index (Phi) is 7.65. The Morgan fingerprint density at radius 2 is 1.93 bits per heavy atom. The third kappa shape index (κ3) is 5.47. The first-order valence-electron chi connectivity index (χ1n) is 13.5. The molecule has 0 radical (unpaired) electrons. The second-order valence-electron chi connectivity index (χ2n) is 10.5. The van der Waals surface area contributed by atoms with Gasteiger partial charge in [0, 0.05) is 38.0 Å². The maximum Gasteiger partial charge on any atom is 0.349 e. The SMILES string of the molecule is CC(Oc1cc(-n2cnc3cc(-c4cnn(C)c4)ccc32)sc1C(=O)O)c1c(F)ccc(OC2CCN(C)CC2)c1Cl. The Labute approximate surface area is 250 Å². The number of aryl methyl sites for hydroxylation is 1. The Morgan fingerprint density at radius 3 is 2.64 bits per heavy atom. The molecule has 1 fully saturated rings. The molecule has 0 bridgehead atoms. The van der Waals surface area contributed by atoms with Crippen molar-refractivity contribution < 1.29 is 23.8 Å². The van der Waals surface area contributed by atoms with E-state index in [9.17, 15) is 9.90 Å². The van der Waals surface area contributed by atoms with Crippen LogP contribution in [0.2, 0.25) is 5.02 Å². The molecule has 9 nitrogen and oxygen atoms in total. The van der Waals surface area contributed by atoms with Gasteiger partial charge in [-0.3, -0.25) is 9.25 Å². The van der Waals surface area contributed by atoms with Gasteiger partial charge in [-0.1, -0.05) is 17.7 Å². The predicted molar refractivity (Wildman–Crippen MR) is 160 cm³/mol. The first-order valence-corrected chi connectivity index (χ1v) is 14.7. The van der Waals surface area contributed by atoms with Crippen LogP contribution in [0.3, 0.4) is 0 Å². The van der Waals surface area contributed by atoms with E-state index in [0.29, 0.717) is 10.8 Å². The maximum absolute atomic E-state index is 15.1. The summed E-state index contributed by atoms with van der Waals surface area (Å²) in [5.74, 6) is -1.21. The number of carboxylic acid groups (broad SMARTS) is 1. The van der Waals surface area contributed by atoms with Gasteiger partial charge in [-0.2, -0.15) is 5.10 Å². The first-order chi connectivity index (χ1) is 20.2. The molecule has 218 valence electrons. The van der Waals surface area contributed by atoms with Crippen LogP contribution in [-0.2, 0) is 7.05 Å². The van der Waals surface area contributed by atoms with Crippen molar-refractivity contribution >= 4 is 39.9 Å². The van der Waals surface area contributed by atoms with E-state index in [1.54, 1.807) is 34.8 Å². The number of rotatable bonds is 8. The molecule has 3 aromatic heterocycles. The number of aromatic nitrogens is 4. The van der Waals surface area contributed by atoms with Crippen molar-refractivity contribution in [1.29, 1.82) is 0 Å². The van der Waals surface area contributed by atoms with Gasteiger partial charge >= 0.3 is 5.97 Å². The van der Waals surface area contributed by atoms with Crippen molar-refractivity contribution in [3.63, 3.8) is 0 Å². The molecule has 6 rings (SSSR count). The molecule has 42 heavy (non-hydrogen) atoms. The lowest BCUT2D eigenvalue weighted by atomic mass is 10.1. The number of aromatic carboxylic acids is 1. The van der Waals surface area contributed by atoms with Gasteiger partial charge in [0.05, 0.1) is 27.8 Å². The summed E-state index contributed by atoms with van der Waals surface area (Å²) in [5.41, 5.74) is 3.59. The molecule has 0 saturated carbocycles. The summed E-state index contributed by atoms with van der Waals surface area (Å²) in [5, 5.41) is 14.9. The Hall–Kier alpha value is -3.93. The molecular formula is C30H29ClFN5O4S. The summed E-state index contributed by atoms with van der Waals surface area (Å²) in [7, 11) is 3.92. The molecule has 0 amide bonds. The van der Waals surface area contributed by atoms with Crippen LogP contribution in [0, 0.1) is 5.82 Å². The molecule has 5 aromatic rings. The number of carboxylic acids is 1. The zero-order valence-electron chi connectivity index (χ0n) is 23.3. The lowest BCUT2D eigenvalue weighted by Gasteiger charge is -2.30. The molecule has 4 heterocycles. The number of benzene rings is 2. The van der Waals surface area contributed by atoms with Crippen molar-refractivity contribution in [2.24, 2.45) is 7.05 Å². The van der Waals surface area contributed by atoms with E-state index < -0.39 is 17.9 Å². The van der Waals surface area contributed by atoms with Gasteiger partial charge in [-0.05, 0) is 56.6 Å². The van der Waals surface area contributed by atoms with E-state index in [4.69, 9.17) is 21.1 Å². The average molecular weight is 610 g/mol. The number of halogens is 2. The van der Waals surface area contributed by atoms with Crippen LogP contribution in [0.1, 0.15) is 41.1 Å². The Balaban J connectivity index is 1.28. The molecule has 0 aliphatic carbocycles. The lowest BCUT2D eigenvalue weighted by molar-refractivity contribution is 0.0695. The smallest absolute Gasteiger partial charge is 0.349 e. The minimum Gasteiger partial charge on any atom is -0.489 e. The molecule has 2 aromatic carbocycles. The molecular weight excluding hydrogens is 581 g/mol. The summed E-state index contributed by atoms with van der Waals surface area (Å²) < 4.78 is 30.8. The van der Waals surface area contributed by atoms with Crippen LogP contribution in [0.15, 0.2) is 55.1 Å². The molecule has 1 unspecified atom stereocenters. The van der Waals surface area contributed by atoms with Crippen molar-refractivity contribution in [3.05, 3.63) is 76.4 Å². The number of likely N-dealkylation sites (tertiary alicyclic amines) is 1. The number of piperidine rings is 1. The van der Waals surface area contributed by atoms with Crippen molar-refractivity contribution in [3.8, 4) is 27.6 Å². The maximum atomic E-state index is 15.1. The fourth-order valence-corrected chi connectivity index (χ4v) is 6.47. The molecule has 1 N–H and O–H groups in total. The van der Waals surface area contributed by atoms with Crippen molar-refractivity contribution in [2.75, 3.05) is 20.1 Å². The van der Waals surface area contributed by atoms with Crippen molar-refractivity contribution in [2.45, 2.75) is 32.0 Å². The van der Waals surface area contributed by atoms with E-state index in [1.807, 2.05) is 31.4 Å². The third-order valence-corrected chi connectivity index (χ3v) is 8.96. The number of hydrogen-bond acceptors (Lipinski definition) is 7. The summed E-state index contributed by atoms with van der Waals surface area (Å²) in [6.07, 6.45) is 6.14. The summed E-state index contributed by atoms with van der Waals surface area (Å²) in [6, 6.07) is 10.3. The van der Waals surface area contributed by atoms with Crippen LogP contribution in [0.5, 0.6) is 11.5 Å². The highest BCUT2D eigenvalue weighted by Crippen LogP contribution is 2.40. The number of thiophene rings is 1. The standard InChI is InChI=1S/C30H29ClFN5O4S/c1-17(27-21(32)5-7-24(28(27)31)41-20-8-10-35(2)11-9-20)40-25-13-26(42-29(25)30(38)39)37-16-33-22-12-18(4-6-23(22)37)19-14-34-36(3)15-19/h4-7,12-17,20H,8-11H2,1-3H3,(H,38,39). The van der Waals surface area contributed by atoms with Gasteiger partial charge in [-0.15, -0.1) is 11.3 Å². The zero-order chi connectivity index (χ0) is 29.5. The van der Waals surface area contributed by atoms with Crippen LogP contribution >= 0.6 is 22.9 Å². The molecule has 1 atom stereocenters. The zero-order valence-corrected chi connectivity index (χ0v) is 24.8. The fraction of sp³-hybridized carbons (Fsp3) is 0.300. The lowest BCUT2D eigenvalue weighted by Crippen LogP contribution is -2.35. The topological polar surface area (TPSA) is 94.6 Å². The van der Waals surface area contributed by atoms with Gasteiger partial charge < -0.3 is 19.5 Å². The van der Waals surface area contributed by atoms with E-state index in [1.165, 1.54) is 12.1 Å².